The lowest BCUT2D eigenvalue weighted by Gasteiger charge is -2.29. The Hall–Kier alpha value is -0.820. The van der Waals surface area contributed by atoms with E-state index in [9.17, 15) is 0 Å². The Morgan fingerprint density at radius 1 is 1.00 bits per heavy atom. The van der Waals surface area contributed by atoms with Crippen molar-refractivity contribution in [3.63, 3.8) is 0 Å². The fraction of sp³-hybridized carbons (Fsp3) is 0.684. The molecule has 0 aromatic heterocycles. The molecule has 1 nitrogen and oxygen atoms in total. The lowest BCUT2D eigenvalue weighted by atomic mass is 9.86. The van der Waals surface area contributed by atoms with Gasteiger partial charge in [0.1, 0.15) is 0 Å². The van der Waals surface area contributed by atoms with E-state index in [1.165, 1.54) is 56.4 Å². The zero-order valence-electron chi connectivity index (χ0n) is 13.8. The summed E-state index contributed by atoms with van der Waals surface area (Å²) in [5.74, 6) is 0.758. The van der Waals surface area contributed by atoms with E-state index in [4.69, 9.17) is 0 Å². The molecule has 1 aromatic rings. The highest BCUT2D eigenvalue weighted by molar-refractivity contribution is 5.27. The van der Waals surface area contributed by atoms with Crippen molar-refractivity contribution < 1.29 is 0 Å². The summed E-state index contributed by atoms with van der Waals surface area (Å²) in [7, 11) is 0. The Labute approximate surface area is 125 Å². The molecule has 0 saturated carbocycles. The molecule has 0 unspecified atom stereocenters. The molecule has 1 aliphatic heterocycles. The van der Waals surface area contributed by atoms with Crippen LogP contribution in [0.4, 0.5) is 0 Å². The second-order valence-electron chi connectivity index (χ2n) is 7.62. The van der Waals surface area contributed by atoms with Crippen LogP contribution in [0, 0.1) is 5.92 Å². The van der Waals surface area contributed by atoms with E-state index in [0.29, 0.717) is 0 Å². The highest BCUT2D eigenvalue weighted by Crippen LogP contribution is 2.23. The maximum absolute atomic E-state index is 2.65. The minimum absolute atomic E-state index is 0.262. The molecule has 1 aromatic carbocycles. The molecular weight excluding hydrogens is 242 g/mol. The molecule has 0 aliphatic carbocycles. The topological polar surface area (TPSA) is 3.24 Å². The molecule has 0 amide bonds. The maximum Gasteiger partial charge on any atom is 0.00102 e. The number of rotatable bonds is 4. The molecule has 112 valence electrons. The van der Waals surface area contributed by atoms with Crippen molar-refractivity contribution >= 4 is 0 Å². The van der Waals surface area contributed by atoms with Crippen molar-refractivity contribution in [2.24, 2.45) is 5.92 Å². The predicted octanol–water partition coefficient (Wildman–Crippen LogP) is 4.65. The highest BCUT2D eigenvalue weighted by atomic mass is 15.1. The summed E-state index contributed by atoms with van der Waals surface area (Å²) in [5, 5.41) is 0. The normalized spacial score (nSPS) is 19.0. The average molecular weight is 273 g/mol. The van der Waals surface area contributed by atoms with Gasteiger partial charge in [-0.1, -0.05) is 58.4 Å². The number of benzene rings is 1. The Bertz CT molecular complexity index is 393. The third-order valence-corrected chi connectivity index (χ3v) is 4.42. The molecule has 0 radical (unpaired) electrons. The van der Waals surface area contributed by atoms with Crippen molar-refractivity contribution in [2.45, 2.75) is 58.8 Å². The Morgan fingerprint density at radius 3 is 2.15 bits per heavy atom. The molecule has 1 saturated heterocycles. The molecule has 0 spiro atoms. The number of hydrogen-bond acceptors (Lipinski definition) is 1. The zero-order chi connectivity index (χ0) is 14.6. The average Bonchev–Trinajstić information content (AvgIpc) is 2.39. The Morgan fingerprint density at radius 2 is 1.60 bits per heavy atom. The monoisotopic (exact) mass is 273 g/mol. The van der Waals surface area contributed by atoms with Crippen LogP contribution in [-0.4, -0.2) is 24.5 Å². The number of piperidine rings is 1. The van der Waals surface area contributed by atoms with Gasteiger partial charge in [0.2, 0.25) is 0 Å². The van der Waals surface area contributed by atoms with Crippen LogP contribution in [0.15, 0.2) is 24.3 Å². The van der Waals surface area contributed by atoms with Crippen LogP contribution >= 0.6 is 0 Å². The van der Waals surface area contributed by atoms with Crippen LogP contribution in [0.5, 0.6) is 0 Å². The lowest BCUT2D eigenvalue weighted by molar-refractivity contribution is 0.200. The molecule has 1 fully saturated rings. The first-order valence-electron chi connectivity index (χ1n) is 8.27. The van der Waals surface area contributed by atoms with Gasteiger partial charge in [-0.05, 0) is 54.8 Å². The van der Waals surface area contributed by atoms with Crippen LogP contribution in [0.2, 0.25) is 0 Å². The summed E-state index contributed by atoms with van der Waals surface area (Å²) in [6.45, 7) is 13.1. The zero-order valence-corrected chi connectivity index (χ0v) is 13.8. The van der Waals surface area contributed by atoms with E-state index in [2.05, 4.69) is 56.9 Å². The summed E-state index contributed by atoms with van der Waals surface area (Å²) < 4.78 is 0. The maximum atomic E-state index is 2.65. The first-order chi connectivity index (χ1) is 9.45. The van der Waals surface area contributed by atoms with E-state index in [1.54, 1.807) is 0 Å². The minimum Gasteiger partial charge on any atom is -0.303 e. The van der Waals surface area contributed by atoms with Crippen LogP contribution in [0.25, 0.3) is 0 Å². The van der Waals surface area contributed by atoms with Crippen molar-refractivity contribution in [3.05, 3.63) is 35.4 Å². The van der Waals surface area contributed by atoms with Gasteiger partial charge in [-0.2, -0.15) is 0 Å². The summed E-state index contributed by atoms with van der Waals surface area (Å²) in [6, 6.07) is 9.27. The third kappa shape index (κ3) is 4.63. The quantitative estimate of drug-likeness (QED) is 0.772. The van der Waals surface area contributed by atoms with Gasteiger partial charge >= 0.3 is 0 Å². The van der Waals surface area contributed by atoms with Gasteiger partial charge in [-0.25, -0.2) is 0 Å². The summed E-state index contributed by atoms with van der Waals surface area (Å²) in [5.41, 5.74) is 3.19. The van der Waals surface area contributed by atoms with E-state index in [0.717, 1.165) is 5.92 Å². The first-order valence-corrected chi connectivity index (χ1v) is 8.27. The molecule has 0 bridgehead atoms. The second kappa shape index (κ2) is 6.76. The van der Waals surface area contributed by atoms with E-state index in [1.807, 2.05) is 0 Å². The second-order valence-corrected chi connectivity index (χ2v) is 7.62. The van der Waals surface area contributed by atoms with Crippen LogP contribution in [0.3, 0.4) is 0 Å². The van der Waals surface area contributed by atoms with Gasteiger partial charge in [0.25, 0.3) is 0 Å². The van der Waals surface area contributed by atoms with Crippen molar-refractivity contribution in [3.8, 4) is 0 Å². The van der Waals surface area contributed by atoms with Crippen molar-refractivity contribution in [2.75, 3.05) is 19.6 Å². The lowest BCUT2D eigenvalue weighted by Crippen LogP contribution is -2.34. The van der Waals surface area contributed by atoms with Crippen molar-refractivity contribution in [1.29, 1.82) is 0 Å². The third-order valence-electron chi connectivity index (χ3n) is 4.42. The molecule has 1 heterocycles. The van der Waals surface area contributed by atoms with Crippen LogP contribution < -0.4 is 0 Å². The Kier molecular flexibility index (Phi) is 5.26. The van der Waals surface area contributed by atoms with E-state index < -0.39 is 0 Å². The first kappa shape index (κ1) is 15.6. The SMILES string of the molecule is C[C@H](Cc1ccc(C(C)(C)C)cc1)CN1CCCCC1. The largest absolute Gasteiger partial charge is 0.303 e. The standard InChI is InChI=1S/C19H31N/c1-16(15-20-12-6-5-7-13-20)14-17-8-10-18(11-9-17)19(2,3)4/h8-11,16H,5-7,12-15H2,1-4H3/t16-/m1/s1. The van der Waals surface area contributed by atoms with Gasteiger partial charge in [0.15, 0.2) is 0 Å². The smallest absolute Gasteiger partial charge is 0.00102 e. The fourth-order valence-corrected chi connectivity index (χ4v) is 3.19. The summed E-state index contributed by atoms with van der Waals surface area (Å²) >= 11 is 0. The minimum atomic E-state index is 0.262. The predicted molar refractivity (Wildman–Crippen MR) is 88.3 cm³/mol. The Balaban J connectivity index is 1.86. The van der Waals surface area contributed by atoms with E-state index in [-0.39, 0.29) is 5.41 Å². The highest BCUT2D eigenvalue weighted by Gasteiger charge is 2.15. The summed E-state index contributed by atoms with van der Waals surface area (Å²) in [6.07, 6.45) is 5.43. The number of likely N-dealkylation sites (tertiary alicyclic amines) is 1. The van der Waals surface area contributed by atoms with Gasteiger partial charge in [-0.3, -0.25) is 0 Å². The molecular formula is C19H31N. The van der Waals surface area contributed by atoms with Crippen molar-refractivity contribution in [1.82, 2.24) is 4.90 Å². The van der Waals surface area contributed by atoms with Gasteiger partial charge in [0, 0.05) is 6.54 Å². The van der Waals surface area contributed by atoms with Gasteiger partial charge in [0.05, 0.1) is 0 Å². The molecule has 1 heteroatoms. The van der Waals surface area contributed by atoms with Gasteiger partial charge < -0.3 is 4.90 Å². The number of nitrogens with zero attached hydrogens (tertiary/aromatic N) is 1. The van der Waals surface area contributed by atoms with Crippen LogP contribution in [-0.2, 0) is 11.8 Å². The molecule has 2 rings (SSSR count). The summed E-state index contributed by atoms with van der Waals surface area (Å²) in [4.78, 5) is 2.65. The number of hydrogen-bond donors (Lipinski definition) is 0. The molecule has 0 N–H and O–H groups in total. The van der Waals surface area contributed by atoms with Gasteiger partial charge in [-0.15, -0.1) is 0 Å². The molecule has 1 aliphatic rings. The fourth-order valence-electron chi connectivity index (χ4n) is 3.19. The molecule has 20 heavy (non-hydrogen) atoms. The van der Waals surface area contributed by atoms with Crippen LogP contribution in [0.1, 0.15) is 58.1 Å². The molecule has 1 atom stereocenters. The van der Waals surface area contributed by atoms with E-state index >= 15 is 0 Å².